The molecule has 3 heterocycles. The van der Waals surface area contributed by atoms with Gasteiger partial charge < -0.3 is 21.1 Å². The molecule has 0 saturated heterocycles. The molecular formula is C27H15Cl7F2N8O6. The normalized spacial score (nSPS) is 9.86. The largest absolute Gasteiger partial charge is 0.477 e. The van der Waals surface area contributed by atoms with E-state index >= 15 is 0 Å². The third-order valence-electron chi connectivity index (χ3n) is 5.13. The van der Waals surface area contributed by atoms with Gasteiger partial charge in [-0.05, 0) is 59.1 Å². The van der Waals surface area contributed by atoms with Crippen LogP contribution in [0, 0.1) is 11.6 Å². The Balaban J connectivity index is 0.000000243. The molecule has 0 radical (unpaired) electrons. The summed E-state index contributed by atoms with van der Waals surface area (Å²) in [7, 11) is 0. The monoisotopic (exact) mass is 830 g/mol. The number of halogens is 9. The number of para-hydroxylation sites is 2. The van der Waals surface area contributed by atoms with Crippen molar-refractivity contribution in [1.29, 1.82) is 0 Å². The van der Waals surface area contributed by atoms with Crippen molar-refractivity contribution in [3.63, 3.8) is 0 Å². The number of nitrogens with two attached hydrogens (primary N) is 1. The van der Waals surface area contributed by atoms with E-state index in [0.29, 0.717) is 0 Å². The smallest absolute Gasteiger partial charge is 0.342 e. The van der Waals surface area contributed by atoms with Crippen molar-refractivity contribution >= 4 is 110 Å². The van der Waals surface area contributed by atoms with E-state index in [4.69, 9.17) is 92.0 Å². The summed E-state index contributed by atoms with van der Waals surface area (Å²) in [6.07, 6.45) is 3.16. The predicted octanol–water partition coefficient (Wildman–Crippen LogP) is 6.81. The minimum absolute atomic E-state index is 0.0131. The second-order valence-corrected chi connectivity index (χ2v) is 11.0. The summed E-state index contributed by atoms with van der Waals surface area (Å²) >= 11 is 38.5. The van der Waals surface area contributed by atoms with Crippen LogP contribution in [0.2, 0.25) is 30.9 Å². The minimum atomic E-state index is -1.37. The van der Waals surface area contributed by atoms with Crippen molar-refractivity contribution in [2.24, 2.45) is 0 Å². The molecule has 6 N–H and O–H groups in total. The van der Waals surface area contributed by atoms with E-state index in [1.807, 2.05) is 4.98 Å². The second kappa shape index (κ2) is 19.7. The van der Waals surface area contributed by atoms with Crippen LogP contribution in [-0.2, 0) is 0 Å². The van der Waals surface area contributed by atoms with E-state index in [9.17, 15) is 32.8 Å². The molecule has 0 unspecified atom stereocenters. The van der Waals surface area contributed by atoms with Gasteiger partial charge in [0, 0.05) is 18.6 Å². The highest BCUT2D eigenvalue weighted by Crippen LogP contribution is 2.26. The molecule has 1 amide bonds. The quantitative estimate of drug-likeness (QED) is 0.0547. The number of carboxylic acid groups (broad SMARTS) is 1. The van der Waals surface area contributed by atoms with E-state index in [0.717, 1.165) is 12.4 Å². The first-order valence-electron chi connectivity index (χ1n) is 12.5. The fraction of sp³-hybridized carbons (Fsp3) is 0. The molecule has 0 spiro atoms. The molecule has 0 bridgehead atoms. The number of nitrogens with zero attached hydrogens (tertiary/aromatic N) is 4. The molecule has 0 saturated carbocycles. The molecule has 262 valence electrons. The van der Waals surface area contributed by atoms with Crippen molar-refractivity contribution < 1.29 is 28.3 Å². The van der Waals surface area contributed by atoms with Crippen LogP contribution in [0.15, 0.2) is 64.6 Å². The Morgan fingerprint density at radius 2 is 1.30 bits per heavy atom. The van der Waals surface area contributed by atoms with Crippen LogP contribution in [0.5, 0.6) is 0 Å². The number of hydrogen-bond donors (Lipinski definition) is 5. The number of aromatic carboxylic acids is 1. The number of amides is 1. The van der Waals surface area contributed by atoms with E-state index in [1.54, 1.807) is 11.1 Å². The first-order valence-corrected chi connectivity index (χ1v) is 15.1. The zero-order valence-electron chi connectivity index (χ0n) is 24.0. The van der Waals surface area contributed by atoms with Gasteiger partial charge in [-0.3, -0.25) is 19.4 Å². The molecule has 0 aliphatic rings. The second-order valence-electron chi connectivity index (χ2n) is 8.44. The van der Waals surface area contributed by atoms with Gasteiger partial charge in [0.25, 0.3) is 16.7 Å². The van der Waals surface area contributed by atoms with Crippen molar-refractivity contribution in [1.82, 2.24) is 29.9 Å². The van der Waals surface area contributed by atoms with Gasteiger partial charge in [0.1, 0.15) is 27.5 Å². The summed E-state index contributed by atoms with van der Waals surface area (Å²) in [5, 5.41) is 9.96. The first kappa shape index (κ1) is 41.7. The molecule has 0 aliphatic heterocycles. The van der Waals surface area contributed by atoms with E-state index < -0.39 is 45.6 Å². The van der Waals surface area contributed by atoms with Crippen molar-refractivity contribution in [2.75, 3.05) is 11.1 Å². The third kappa shape index (κ3) is 12.8. The first-order chi connectivity index (χ1) is 23.4. The maximum atomic E-state index is 13.5. The number of carbonyl (C=O) groups is 3. The number of nitrogen functional groups attached to an aromatic ring is 1. The number of carbonyl (C=O) groups excluding carboxylic acids is 2. The van der Waals surface area contributed by atoms with E-state index in [1.165, 1.54) is 36.5 Å². The zero-order chi connectivity index (χ0) is 37.7. The molecule has 2 aromatic carbocycles. The Labute approximate surface area is 312 Å². The Morgan fingerprint density at radius 3 is 1.74 bits per heavy atom. The Kier molecular flexibility index (Phi) is 16.4. The van der Waals surface area contributed by atoms with Crippen LogP contribution < -0.4 is 22.3 Å². The van der Waals surface area contributed by atoms with E-state index in [-0.39, 0.29) is 53.4 Å². The van der Waals surface area contributed by atoms with Gasteiger partial charge in [-0.2, -0.15) is 0 Å². The van der Waals surface area contributed by atoms with Crippen LogP contribution in [0.1, 0.15) is 31.1 Å². The molecule has 50 heavy (non-hydrogen) atoms. The zero-order valence-corrected chi connectivity index (χ0v) is 29.2. The summed E-state index contributed by atoms with van der Waals surface area (Å²) in [4.78, 5) is 71.7. The number of hydrogen-bond acceptors (Lipinski definition) is 10. The van der Waals surface area contributed by atoms with Crippen LogP contribution >= 0.6 is 81.2 Å². The number of benzene rings is 2. The topological polar surface area (TPSA) is 227 Å². The Hall–Kier alpha value is -4.42. The molecule has 23 heteroatoms. The fourth-order valence-electron chi connectivity index (χ4n) is 2.84. The summed E-state index contributed by atoms with van der Waals surface area (Å²) in [5.74, 6) is -3.19. The lowest BCUT2D eigenvalue weighted by Gasteiger charge is -2.08. The van der Waals surface area contributed by atoms with Gasteiger partial charge in [0.15, 0.2) is 0 Å². The van der Waals surface area contributed by atoms with Crippen LogP contribution in [0.3, 0.4) is 0 Å². The minimum Gasteiger partial charge on any atom is -0.477 e. The average Bonchev–Trinajstić information content (AvgIpc) is 3.02. The predicted molar refractivity (Wildman–Crippen MR) is 184 cm³/mol. The number of aromatic nitrogens is 6. The number of rotatable bonds is 4. The molecule has 14 nitrogen and oxygen atoms in total. The number of anilines is 2. The van der Waals surface area contributed by atoms with Crippen molar-refractivity contribution in [3.8, 4) is 0 Å². The molecule has 3 aromatic heterocycles. The summed E-state index contributed by atoms with van der Waals surface area (Å²) in [6, 6.07) is 8.35. The fourth-order valence-corrected chi connectivity index (χ4v) is 4.19. The van der Waals surface area contributed by atoms with Gasteiger partial charge >= 0.3 is 11.7 Å². The standard InChI is InChI=1S/C11H5Cl3FN3O.C6H5ClFN.C5HCl3N2O.C5H4N2O4/c12-6-2-1-3-7(15)8(6)17-10(19)5-4-16-11(14)18-9(5)13;7-4-2-1-3-5(8)6(4)9;6-3-2(4(7)11)1-9-5(8)10-3;8-3-2(4(9)10)1-6-5(11)7-3/h1-4H,(H,17,19);1-3H,9H2;1H;1H,(H,9,10)(H2,6,7,8,11). The van der Waals surface area contributed by atoms with Gasteiger partial charge in [0.2, 0.25) is 10.6 Å². The number of carboxylic acids is 1. The van der Waals surface area contributed by atoms with Crippen molar-refractivity contribution in [2.45, 2.75) is 0 Å². The lowest BCUT2D eigenvalue weighted by atomic mass is 10.2. The van der Waals surface area contributed by atoms with Crippen LogP contribution in [0.25, 0.3) is 0 Å². The van der Waals surface area contributed by atoms with Crippen molar-refractivity contribution in [3.05, 3.63) is 135 Å². The highest BCUT2D eigenvalue weighted by atomic mass is 35.5. The summed E-state index contributed by atoms with van der Waals surface area (Å²) < 4.78 is 25.9. The summed E-state index contributed by atoms with van der Waals surface area (Å²) in [6.45, 7) is 0. The molecule has 0 atom stereocenters. The molecular weight excluding hydrogens is 819 g/mol. The highest BCUT2D eigenvalue weighted by molar-refractivity contribution is 6.68. The maximum absolute atomic E-state index is 13.5. The lowest BCUT2D eigenvalue weighted by molar-refractivity contribution is 0.0694. The van der Waals surface area contributed by atoms with Gasteiger partial charge in [-0.25, -0.2) is 38.3 Å². The van der Waals surface area contributed by atoms with Gasteiger partial charge in [-0.15, -0.1) is 0 Å². The van der Waals surface area contributed by atoms with Crippen LogP contribution in [0.4, 0.5) is 20.2 Å². The van der Waals surface area contributed by atoms with E-state index in [2.05, 4.69) is 25.3 Å². The summed E-state index contributed by atoms with van der Waals surface area (Å²) in [5.41, 5.74) is 2.96. The maximum Gasteiger partial charge on any atom is 0.342 e. The molecule has 0 fully saturated rings. The average molecular weight is 834 g/mol. The van der Waals surface area contributed by atoms with Gasteiger partial charge in [0.05, 0.1) is 32.5 Å². The lowest BCUT2D eigenvalue weighted by Crippen LogP contribution is -2.26. The van der Waals surface area contributed by atoms with Crippen LogP contribution in [-0.4, -0.2) is 52.1 Å². The SMILES string of the molecule is Nc1c(F)cccc1Cl.O=C(Cl)c1cnc(Cl)nc1Cl.O=C(Nc1c(F)cccc1Cl)c1cnc(Cl)nc1Cl.O=C(O)c1c[nH]c(=O)[nH]c1=O. The molecule has 0 aliphatic carbocycles. The molecule has 5 aromatic rings. The Bertz CT molecular complexity index is 2120. The highest BCUT2D eigenvalue weighted by Gasteiger charge is 2.16. The number of aromatic amines is 2. The Morgan fingerprint density at radius 1 is 0.780 bits per heavy atom. The van der Waals surface area contributed by atoms with Gasteiger partial charge in [-0.1, -0.05) is 58.5 Å². The third-order valence-corrected chi connectivity index (χ3v) is 6.92. The molecule has 5 rings (SSSR count). The number of nitrogens with one attached hydrogen (secondary N) is 3. The number of H-pyrrole nitrogens is 2.